The van der Waals surface area contributed by atoms with Crippen LogP contribution in [0.3, 0.4) is 0 Å². The summed E-state index contributed by atoms with van der Waals surface area (Å²) in [4.78, 5) is 0. The second-order valence-electron chi connectivity index (χ2n) is 6.95. The summed E-state index contributed by atoms with van der Waals surface area (Å²) in [5.74, 6) is 6.19. The Kier molecular flexibility index (Phi) is 3.97. The zero-order valence-electron chi connectivity index (χ0n) is 13.5. The summed E-state index contributed by atoms with van der Waals surface area (Å²) in [5, 5.41) is 4.53. The third kappa shape index (κ3) is 2.75. The van der Waals surface area contributed by atoms with Crippen LogP contribution in [0.4, 0.5) is 0 Å². The topological polar surface area (TPSA) is 65.1 Å². The van der Waals surface area contributed by atoms with Crippen LogP contribution in [0.1, 0.15) is 58.5 Å². The average Bonchev–Trinajstić information content (AvgIpc) is 2.78. The van der Waals surface area contributed by atoms with Gasteiger partial charge < -0.3 is 4.74 Å². The van der Waals surface area contributed by atoms with Crippen LogP contribution in [0.25, 0.3) is 0 Å². The molecule has 1 aromatic rings. The highest BCUT2D eigenvalue weighted by Crippen LogP contribution is 2.47. The number of nitrogens with one attached hydrogen (secondary N) is 1. The molecule has 1 saturated heterocycles. The first-order valence-electron chi connectivity index (χ1n) is 7.41. The van der Waals surface area contributed by atoms with Gasteiger partial charge in [-0.2, -0.15) is 5.10 Å². The Bertz CT molecular complexity index is 478. The fraction of sp³-hybridized carbons (Fsp3) is 0.800. The number of hydrogen-bond acceptors (Lipinski definition) is 4. The molecule has 0 bridgehead atoms. The smallest absolute Gasteiger partial charge is 0.0685 e. The summed E-state index contributed by atoms with van der Waals surface area (Å²) in [6.07, 6.45) is 0.975. The van der Waals surface area contributed by atoms with Crippen LogP contribution < -0.4 is 11.3 Å². The van der Waals surface area contributed by atoms with E-state index in [4.69, 9.17) is 10.6 Å². The highest BCUT2D eigenvalue weighted by atomic mass is 16.5. The lowest BCUT2D eigenvalue weighted by atomic mass is 9.80. The highest BCUT2D eigenvalue weighted by Gasteiger charge is 2.49. The lowest BCUT2D eigenvalue weighted by Crippen LogP contribution is -2.42. The molecular weight excluding hydrogens is 252 g/mol. The van der Waals surface area contributed by atoms with Crippen LogP contribution in [0.15, 0.2) is 6.07 Å². The Labute approximate surface area is 121 Å². The van der Waals surface area contributed by atoms with E-state index in [0.717, 1.165) is 24.4 Å². The quantitative estimate of drug-likeness (QED) is 0.656. The highest BCUT2D eigenvalue weighted by molar-refractivity contribution is 5.17. The molecule has 1 fully saturated rings. The van der Waals surface area contributed by atoms with Crippen molar-refractivity contribution in [2.45, 2.75) is 71.8 Å². The number of hydrogen-bond donors (Lipinski definition) is 2. The molecule has 0 saturated carbocycles. The van der Waals surface area contributed by atoms with E-state index >= 15 is 0 Å². The number of nitrogens with zero attached hydrogens (tertiary/aromatic N) is 2. The van der Waals surface area contributed by atoms with Gasteiger partial charge in [0.05, 0.1) is 28.6 Å². The summed E-state index contributed by atoms with van der Waals surface area (Å²) in [6, 6.07) is 2.17. The van der Waals surface area contributed by atoms with E-state index in [1.807, 2.05) is 11.6 Å². The van der Waals surface area contributed by atoms with Crippen molar-refractivity contribution < 1.29 is 4.74 Å². The monoisotopic (exact) mass is 280 g/mol. The fourth-order valence-corrected chi connectivity index (χ4v) is 3.60. The average molecular weight is 280 g/mol. The predicted molar refractivity (Wildman–Crippen MR) is 80.1 cm³/mol. The zero-order chi connectivity index (χ0) is 15.1. The second kappa shape index (κ2) is 5.13. The predicted octanol–water partition coefficient (Wildman–Crippen LogP) is 2.31. The van der Waals surface area contributed by atoms with Crippen molar-refractivity contribution in [1.82, 2.24) is 15.2 Å². The lowest BCUT2D eigenvalue weighted by molar-refractivity contribution is -0.0781. The molecule has 2 atom stereocenters. The number of aryl methyl sites for hydroxylation is 2. The van der Waals surface area contributed by atoms with Gasteiger partial charge in [-0.3, -0.25) is 16.0 Å². The van der Waals surface area contributed by atoms with Crippen LogP contribution in [-0.4, -0.2) is 21.0 Å². The van der Waals surface area contributed by atoms with Gasteiger partial charge in [-0.05, 0) is 54.0 Å². The molecular formula is C15H28N4O. The first kappa shape index (κ1) is 15.5. The maximum Gasteiger partial charge on any atom is 0.0685 e. The van der Waals surface area contributed by atoms with Gasteiger partial charge in [-0.1, -0.05) is 0 Å². The molecule has 3 N–H and O–H groups in total. The third-order valence-corrected chi connectivity index (χ3v) is 4.28. The summed E-state index contributed by atoms with van der Waals surface area (Å²) in [5.41, 5.74) is 4.85. The normalized spacial score (nSPS) is 25.9. The molecule has 1 aromatic heterocycles. The van der Waals surface area contributed by atoms with Crippen molar-refractivity contribution in [3.63, 3.8) is 0 Å². The second-order valence-corrected chi connectivity index (χ2v) is 6.95. The third-order valence-electron chi connectivity index (χ3n) is 4.28. The van der Waals surface area contributed by atoms with Crippen molar-refractivity contribution in [1.29, 1.82) is 0 Å². The molecule has 2 heterocycles. The van der Waals surface area contributed by atoms with Gasteiger partial charge in [0.2, 0.25) is 0 Å². The van der Waals surface area contributed by atoms with Gasteiger partial charge >= 0.3 is 0 Å². The number of hydrazine groups is 1. The number of nitrogens with two attached hydrogens (primary N) is 1. The Morgan fingerprint density at radius 3 is 2.60 bits per heavy atom. The van der Waals surface area contributed by atoms with Gasteiger partial charge in [0.1, 0.15) is 0 Å². The molecule has 5 nitrogen and oxygen atoms in total. The van der Waals surface area contributed by atoms with E-state index in [1.165, 1.54) is 0 Å². The molecule has 0 aliphatic carbocycles. The zero-order valence-corrected chi connectivity index (χ0v) is 13.5. The summed E-state index contributed by atoms with van der Waals surface area (Å²) in [7, 11) is 0. The number of rotatable bonds is 4. The van der Waals surface area contributed by atoms with Gasteiger partial charge in [0.25, 0.3) is 0 Å². The minimum absolute atomic E-state index is 0.0490. The maximum atomic E-state index is 6.21. The maximum absolute atomic E-state index is 6.21. The van der Waals surface area contributed by atoms with E-state index in [1.54, 1.807) is 0 Å². The van der Waals surface area contributed by atoms with Crippen LogP contribution in [-0.2, 0) is 11.3 Å². The molecule has 5 heteroatoms. The Morgan fingerprint density at radius 1 is 1.50 bits per heavy atom. The van der Waals surface area contributed by atoms with Crippen molar-refractivity contribution >= 4 is 0 Å². The first-order chi connectivity index (χ1) is 9.20. The van der Waals surface area contributed by atoms with E-state index in [-0.39, 0.29) is 17.2 Å². The number of aromatic nitrogens is 2. The van der Waals surface area contributed by atoms with Gasteiger partial charge in [-0.15, -0.1) is 0 Å². The number of ether oxygens (including phenoxy) is 1. The van der Waals surface area contributed by atoms with E-state index < -0.39 is 0 Å². The standard InChI is InChI=1S/C15H28N4O/c1-7-19-12(8-10(2)18-19)13(17-16)11-9-14(3,4)20-15(11,5)6/h8,11,13,17H,7,9,16H2,1-6H3. The van der Waals surface area contributed by atoms with Crippen LogP contribution in [0.5, 0.6) is 0 Å². The van der Waals surface area contributed by atoms with E-state index in [2.05, 4.69) is 51.2 Å². The Hall–Kier alpha value is -0.910. The molecule has 0 amide bonds. The minimum Gasteiger partial charge on any atom is -0.369 e. The molecule has 1 aliphatic heterocycles. The first-order valence-corrected chi connectivity index (χ1v) is 7.41. The SMILES string of the molecule is CCn1nc(C)cc1C(NN)C1CC(C)(C)OC1(C)C. The summed E-state index contributed by atoms with van der Waals surface area (Å²) in [6.45, 7) is 13.5. The summed E-state index contributed by atoms with van der Waals surface area (Å²) < 4.78 is 8.24. The molecule has 114 valence electrons. The van der Waals surface area contributed by atoms with Crippen LogP contribution in [0.2, 0.25) is 0 Å². The lowest BCUT2D eigenvalue weighted by Gasteiger charge is -2.32. The summed E-state index contributed by atoms with van der Waals surface area (Å²) >= 11 is 0. The Morgan fingerprint density at radius 2 is 2.15 bits per heavy atom. The molecule has 0 aromatic carbocycles. The van der Waals surface area contributed by atoms with Crippen molar-refractivity contribution in [3.05, 3.63) is 17.5 Å². The minimum atomic E-state index is -0.211. The van der Waals surface area contributed by atoms with E-state index in [9.17, 15) is 0 Å². The van der Waals surface area contributed by atoms with Gasteiger partial charge in [0.15, 0.2) is 0 Å². The van der Waals surface area contributed by atoms with Crippen molar-refractivity contribution in [2.75, 3.05) is 0 Å². The fourth-order valence-electron chi connectivity index (χ4n) is 3.60. The molecule has 2 unspecified atom stereocenters. The Balaban J connectivity index is 2.37. The molecule has 2 rings (SSSR count). The molecule has 20 heavy (non-hydrogen) atoms. The van der Waals surface area contributed by atoms with Crippen molar-refractivity contribution in [2.24, 2.45) is 11.8 Å². The van der Waals surface area contributed by atoms with E-state index in [0.29, 0.717) is 5.92 Å². The van der Waals surface area contributed by atoms with Gasteiger partial charge in [0, 0.05) is 12.5 Å². The molecule has 0 spiro atoms. The van der Waals surface area contributed by atoms with Crippen molar-refractivity contribution in [3.8, 4) is 0 Å². The molecule has 1 aliphatic rings. The van der Waals surface area contributed by atoms with Crippen LogP contribution in [0, 0.1) is 12.8 Å². The van der Waals surface area contributed by atoms with Crippen LogP contribution >= 0.6 is 0 Å². The van der Waals surface area contributed by atoms with Gasteiger partial charge in [-0.25, -0.2) is 0 Å². The largest absolute Gasteiger partial charge is 0.369 e. The molecule has 0 radical (unpaired) electrons.